The molecule has 0 bridgehead atoms. The Hall–Kier alpha value is -4.83. The zero-order valence-corrected chi connectivity index (χ0v) is 27.7. The van der Waals surface area contributed by atoms with Crippen LogP contribution >= 0.6 is 0 Å². The van der Waals surface area contributed by atoms with Crippen LogP contribution < -0.4 is 15.3 Å². The molecule has 5 rings (SSSR count). The van der Waals surface area contributed by atoms with E-state index < -0.39 is 0 Å². The van der Waals surface area contributed by atoms with Crippen LogP contribution in [0.4, 0.5) is 0 Å². The number of aryl methyl sites for hydroxylation is 2. The van der Waals surface area contributed by atoms with Gasteiger partial charge in [0, 0.05) is 0 Å². The predicted octanol–water partition coefficient (Wildman–Crippen LogP) is 8.93. The van der Waals surface area contributed by atoms with E-state index in [4.69, 9.17) is 0 Å². The van der Waals surface area contributed by atoms with Gasteiger partial charge in [0.2, 0.25) is 0 Å². The molecule has 45 heavy (non-hydrogen) atoms. The Kier molecular flexibility index (Phi) is 21.8. The first-order valence-electron chi connectivity index (χ1n) is 14.4. The van der Waals surface area contributed by atoms with Gasteiger partial charge >= 0.3 is 50.0 Å². The molecule has 0 amide bonds. The molecule has 0 fully saturated rings. The molecule has 4 heteroatoms. The number of benzene rings is 5. The first-order valence-corrected chi connectivity index (χ1v) is 15.3. The Labute approximate surface area is 281 Å². The van der Waals surface area contributed by atoms with Crippen LogP contribution in [0.5, 0.6) is 17.2 Å². The molecule has 3 nitrogen and oxygen atoms in total. The minimum atomic E-state index is 0.0718. The van der Waals surface area contributed by atoms with E-state index in [1.54, 1.807) is 36.4 Å². The van der Waals surface area contributed by atoms with Crippen molar-refractivity contribution in [2.75, 3.05) is 0 Å². The van der Waals surface area contributed by atoms with Crippen LogP contribution in [0.15, 0.2) is 174 Å². The summed E-state index contributed by atoms with van der Waals surface area (Å²) in [5.41, 5.74) is 5.05. The maximum atomic E-state index is 10.3. The molecule has 0 saturated carbocycles. The number of para-hydroxylation sites is 3. The van der Waals surface area contributed by atoms with Gasteiger partial charge in [-0.1, -0.05) is 175 Å². The second-order valence-corrected chi connectivity index (χ2v) is 9.88. The van der Waals surface area contributed by atoms with Crippen molar-refractivity contribution in [3.63, 3.8) is 0 Å². The molecule has 5 aromatic rings. The Morgan fingerprint density at radius 1 is 0.422 bits per heavy atom. The smallest absolute Gasteiger partial charge is 0.0256 e. The summed E-state index contributed by atoms with van der Waals surface area (Å²) in [6, 6.07) is 42.0. The normalized spacial score (nSPS) is 10.2. The minimum Gasteiger partial charge on any atom is -0.872 e. The number of hydrogen-bond acceptors (Lipinski definition) is 3. The molecule has 0 aromatic heterocycles. The summed E-state index contributed by atoms with van der Waals surface area (Å²) in [5.74, 6) is 0.215. The van der Waals surface area contributed by atoms with Gasteiger partial charge in [0.1, 0.15) is 0 Å². The van der Waals surface area contributed by atoms with Crippen LogP contribution in [0.25, 0.3) is 12.2 Å². The first kappa shape index (κ1) is 38.2. The third-order valence-corrected chi connectivity index (χ3v) is 5.77. The maximum absolute atomic E-state index is 10.3. The van der Waals surface area contributed by atoms with Gasteiger partial charge < -0.3 is 15.3 Å². The average Bonchev–Trinajstić information content (AvgIpc) is 3.06. The largest absolute Gasteiger partial charge is 0.872 e. The van der Waals surface area contributed by atoms with Crippen LogP contribution in [-0.2, 0) is 20.4 Å². The van der Waals surface area contributed by atoms with Gasteiger partial charge in [-0.25, -0.2) is 0 Å². The van der Waals surface area contributed by atoms with E-state index >= 15 is 0 Å². The van der Waals surface area contributed by atoms with Crippen molar-refractivity contribution >= 4 is 12.2 Å². The molecule has 0 aliphatic heterocycles. The molecule has 0 heterocycles. The fraction of sp³-hybridized carbons (Fsp3) is 0.0732. The van der Waals surface area contributed by atoms with Crippen molar-refractivity contribution in [1.29, 1.82) is 0 Å². The number of allylic oxidation sites excluding steroid dienone is 5. The summed E-state index contributed by atoms with van der Waals surface area (Å²) in [6.07, 6.45) is 14.4. The van der Waals surface area contributed by atoms with Crippen LogP contribution in [0.2, 0.25) is 0 Å². The van der Waals surface area contributed by atoms with E-state index in [1.807, 2.05) is 68.2 Å². The van der Waals surface area contributed by atoms with Crippen molar-refractivity contribution in [2.45, 2.75) is 20.8 Å². The third kappa shape index (κ3) is 22.4. The molecule has 0 aliphatic rings. The van der Waals surface area contributed by atoms with E-state index in [-0.39, 0.29) is 17.2 Å². The molecule has 0 N–H and O–H groups in total. The topological polar surface area (TPSA) is 69.2 Å². The van der Waals surface area contributed by atoms with Gasteiger partial charge in [0.25, 0.3) is 0 Å². The molecule has 0 spiro atoms. The Morgan fingerprint density at radius 3 is 0.933 bits per heavy atom. The van der Waals surface area contributed by atoms with E-state index in [0.29, 0.717) is 0 Å². The second-order valence-electron chi connectivity index (χ2n) is 9.36. The Bertz CT molecular complexity index is 1350. The zero-order chi connectivity index (χ0) is 33.0. The van der Waals surface area contributed by atoms with E-state index in [0.717, 1.165) is 0 Å². The fourth-order valence-electron chi connectivity index (χ4n) is 3.12. The maximum Gasteiger partial charge on any atom is -0.0256 e. The summed E-state index contributed by atoms with van der Waals surface area (Å²) in [6.45, 7) is 6.20. The van der Waals surface area contributed by atoms with Gasteiger partial charge in [-0.2, -0.15) is 0 Å². The SMILES string of the molecule is CC=CC=[CH][Ti+3].Cc1ccc(C=CC=Cc2ccc(C)cc2)cc1.[O-]c1ccccc1.[O-]c1ccccc1.[O-]c1ccccc1. The Morgan fingerprint density at radius 2 is 0.733 bits per heavy atom. The quantitative estimate of drug-likeness (QED) is 0.147. The molecular weight excluding hydrogens is 588 g/mol. The Balaban J connectivity index is 0.000000312. The van der Waals surface area contributed by atoms with Crippen molar-refractivity contribution in [1.82, 2.24) is 0 Å². The van der Waals surface area contributed by atoms with Gasteiger partial charge in [0.05, 0.1) is 0 Å². The monoisotopic (exact) mass is 628 g/mol. The summed E-state index contributed by atoms with van der Waals surface area (Å²) < 4.78 is 2.00. The average molecular weight is 629 g/mol. The molecule has 0 atom stereocenters. The number of hydrogen-bond donors (Lipinski definition) is 0. The molecule has 0 unspecified atom stereocenters. The summed E-state index contributed by atoms with van der Waals surface area (Å²) >= 11 is 2.00. The second kappa shape index (κ2) is 25.7. The van der Waals surface area contributed by atoms with Crippen LogP contribution in [0.1, 0.15) is 29.2 Å². The molecule has 0 saturated heterocycles. The van der Waals surface area contributed by atoms with Crippen LogP contribution in [0.3, 0.4) is 0 Å². The van der Waals surface area contributed by atoms with Gasteiger partial charge in [0.15, 0.2) is 0 Å². The summed E-state index contributed by atoms with van der Waals surface area (Å²) in [5, 5.41) is 30.8. The predicted molar refractivity (Wildman–Crippen MR) is 182 cm³/mol. The van der Waals surface area contributed by atoms with Gasteiger partial charge in [-0.05, 0) is 25.0 Å². The summed E-state index contributed by atoms with van der Waals surface area (Å²) in [7, 11) is 0. The van der Waals surface area contributed by atoms with Crippen molar-refractivity contribution in [3.05, 3.63) is 197 Å². The third-order valence-electron chi connectivity index (χ3n) is 5.47. The molecule has 226 valence electrons. The number of rotatable bonds is 4. The van der Waals surface area contributed by atoms with Crippen molar-refractivity contribution in [3.8, 4) is 17.2 Å². The van der Waals surface area contributed by atoms with Gasteiger partial charge in [-0.15, -0.1) is 17.2 Å². The van der Waals surface area contributed by atoms with Crippen LogP contribution in [0, 0.1) is 13.8 Å². The van der Waals surface area contributed by atoms with Crippen LogP contribution in [-0.4, -0.2) is 0 Å². The van der Waals surface area contributed by atoms with E-state index in [1.165, 1.54) is 58.7 Å². The standard InChI is InChI=1S/C18H18.3C6H6O.C5H7.Ti/c1-15-7-11-17(12-8-15)5-3-4-6-18-13-9-16(2)10-14-18;3*7-6-4-2-1-3-5-6;1-3-5-4-2;/h3-14H,1-2H3;3*1-5,7H;1,3-5H,2H3;/q;;;;;+3/p-3. The fourth-order valence-corrected chi connectivity index (χ4v) is 3.29. The zero-order valence-electron chi connectivity index (χ0n) is 26.1. The molecule has 5 aromatic carbocycles. The molecule has 0 radical (unpaired) electrons. The van der Waals surface area contributed by atoms with Gasteiger partial charge in [-0.3, -0.25) is 0 Å². The van der Waals surface area contributed by atoms with Crippen molar-refractivity contribution < 1.29 is 35.8 Å². The van der Waals surface area contributed by atoms with E-state index in [2.05, 4.69) is 86.7 Å². The minimum absolute atomic E-state index is 0.0718. The molecule has 0 aliphatic carbocycles. The summed E-state index contributed by atoms with van der Waals surface area (Å²) in [4.78, 5) is 0. The first-order chi connectivity index (χ1) is 21.8. The van der Waals surface area contributed by atoms with E-state index in [9.17, 15) is 15.3 Å². The molecular formula is C41H40O3Ti. The van der Waals surface area contributed by atoms with Crippen molar-refractivity contribution in [2.24, 2.45) is 0 Å².